The van der Waals surface area contributed by atoms with Gasteiger partial charge in [-0.1, -0.05) is 32.0 Å². The normalized spacial score (nSPS) is 10.0. The summed E-state index contributed by atoms with van der Waals surface area (Å²) in [5.41, 5.74) is 2.12. The zero-order chi connectivity index (χ0) is 12.1. The molecule has 0 fully saturated rings. The smallest absolute Gasteiger partial charge is 0.222 e. The first-order valence-corrected chi connectivity index (χ1v) is 5.59. The van der Waals surface area contributed by atoms with Gasteiger partial charge in [-0.15, -0.1) is 0 Å². The van der Waals surface area contributed by atoms with Crippen molar-refractivity contribution in [1.29, 1.82) is 0 Å². The van der Waals surface area contributed by atoms with Gasteiger partial charge in [-0.3, -0.25) is 4.79 Å². The maximum Gasteiger partial charge on any atom is 0.222 e. The zero-order valence-corrected chi connectivity index (χ0v) is 10.5. The van der Waals surface area contributed by atoms with Crippen LogP contribution in [0.4, 0.5) is 5.69 Å². The fourth-order valence-corrected chi connectivity index (χ4v) is 1.68. The molecule has 0 bridgehead atoms. The molecule has 1 aromatic carbocycles. The van der Waals surface area contributed by atoms with Gasteiger partial charge in [0.25, 0.3) is 0 Å². The number of para-hydroxylation sites is 1. The molecule has 0 radical (unpaired) electrons. The predicted molar refractivity (Wildman–Crippen MR) is 70.6 cm³/mol. The molecule has 0 aromatic heterocycles. The number of hydrogen-bond donors (Lipinski definition) is 2. The number of thiocarbonyl (C=S) groups is 1. The third kappa shape index (κ3) is 3.62. The van der Waals surface area contributed by atoms with Crippen molar-refractivity contribution >= 4 is 28.9 Å². The minimum Gasteiger partial charge on any atom is -0.332 e. The molecule has 0 atom stereocenters. The topological polar surface area (TPSA) is 41.1 Å². The molecular formula is C12H16N2OS. The number of rotatable bonds is 2. The van der Waals surface area contributed by atoms with Crippen molar-refractivity contribution in [2.75, 3.05) is 5.32 Å². The number of nitrogens with one attached hydrogen (secondary N) is 2. The van der Waals surface area contributed by atoms with Crippen LogP contribution in [-0.2, 0) is 4.79 Å². The second-order valence-corrected chi connectivity index (χ2v) is 4.29. The fourth-order valence-electron chi connectivity index (χ4n) is 1.43. The standard InChI is InChI=1S/C12H16N2OS/c1-8(2)10-6-4-5-7-11(10)14-12(16)13-9(3)15/h4-8H,1-3H3,(H2,13,14,15,16). The van der Waals surface area contributed by atoms with Crippen LogP contribution in [0, 0.1) is 0 Å². The SMILES string of the molecule is CC(=O)NC(=S)Nc1ccccc1C(C)C. The van der Waals surface area contributed by atoms with E-state index in [1.807, 2.05) is 24.3 Å². The van der Waals surface area contributed by atoms with E-state index in [0.29, 0.717) is 11.0 Å². The monoisotopic (exact) mass is 236 g/mol. The Balaban J connectivity index is 2.80. The van der Waals surface area contributed by atoms with E-state index in [-0.39, 0.29) is 5.91 Å². The molecule has 16 heavy (non-hydrogen) atoms. The summed E-state index contributed by atoms with van der Waals surface area (Å²) < 4.78 is 0. The molecule has 86 valence electrons. The third-order valence-corrected chi connectivity index (χ3v) is 2.32. The van der Waals surface area contributed by atoms with E-state index in [2.05, 4.69) is 24.5 Å². The highest BCUT2D eigenvalue weighted by atomic mass is 32.1. The summed E-state index contributed by atoms with van der Waals surface area (Å²) >= 11 is 5.02. The number of benzene rings is 1. The summed E-state index contributed by atoms with van der Waals surface area (Å²) in [4.78, 5) is 10.8. The summed E-state index contributed by atoms with van der Waals surface area (Å²) in [6.07, 6.45) is 0. The number of carbonyl (C=O) groups is 1. The lowest BCUT2D eigenvalue weighted by Crippen LogP contribution is -2.32. The Morgan fingerprint density at radius 1 is 1.31 bits per heavy atom. The summed E-state index contributed by atoms with van der Waals surface area (Å²) in [7, 11) is 0. The molecule has 1 amide bonds. The first-order chi connectivity index (χ1) is 7.50. The average Bonchev–Trinajstić information content (AvgIpc) is 2.16. The van der Waals surface area contributed by atoms with E-state index in [0.717, 1.165) is 5.69 Å². The van der Waals surface area contributed by atoms with Crippen LogP contribution in [0.25, 0.3) is 0 Å². The zero-order valence-electron chi connectivity index (χ0n) is 9.70. The lowest BCUT2D eigenvalue weighted by atomic mass is 10.0. The molecule has 0 unspecified atom stereocenters. The van der Waals surface area contributed by atoms with Crippen LogP contribution in [0.3, 0.4) is 0 Å². The van der Waals surface area contributed by atoms with E-state index in [1.54, 1.807) is 0 Å². The van der Waals surface area contributed by atoms with Crippen LogP contribution in [0.2, 0.25) is 0 Å². The first kappa shape index (κ1) is 12.6. The number of carbonyl (C=O) groups excluding carboxylic acids is 1. The molecule has 1 rings (SSSR count). The van der Waals surface area contributed by atoms with Crippen molar-refractivity contribution in [3.8, 4) is 0 Å². The Labute approximate surface area is 101 Å². The van der Waals surface area contributed by atoms with Gasteiger partial charge in [-0.25, -0.2) is 0 Å². The lowest BCUT2D eigenvalue weighted by Gasteiger charge is -2.14. The van der Waals surface area contributed by atoms with Gasteiger partial charge in [-0.2, -0.15) is 0 Å². The average molecular weight is 236 g/mol. The molecule has 1 aromatic rings. The van der Waals surface area contributed by atoms with E-state index < -0.39 is 0 Å². The highest BCUT2D eigenvalue weighted by molar-refractivity contribution is 7.80. The molecule has 0 aliphatic rings. The van der Waals surface area contributed by atoms with Crippen LogP contribution in [0.15, 0.2) is 24.3 Å². The molecule has 0 heterocycles. The van der Waals surface area contributed by atoms with Gasteiger partial charge < -0.3 is 10.6 Å². The van der Waals surface area contributed by atoms with E-state index in [9.17, 15) is 4.79 Å². The minimum atomic E-state index is -0.167. The predicted octanol–water partition coefficient (Wildman–Crippen LogP) is 2.64. The van der Waals surface area contributed by atoms with E-state index >= 15 is 0 Å². The third-order valence-electron chi connectivity index (χ3n) is 2.12. The summed E-state index contributed by atoms with van der Waals surface area (Å²) in [5.74, 6) is 0.239. The molecule has 0 saturated carbocycles. The Morgan fingerprint density at radius 2 is 1.94 bits per heavy atom. The van der Waals surface area contributed by atoms with Gasteiger partial charge in [0.1, 0.15) is 0 Å². The Morgan fingerprint density at radius 3 is 2.50 bits per heavy atom. The van der Waals surface area contributed by atoms with Crippen LogP contribution >= 0.6 is 12.2 Å². The van der Waals surface area contributed by atoms with Gasteiger partial charge in [0, 0.05) is 12.6 Å². The van der Waals surface area contributed by atoms with Crippen LogP contribution in [0.1, 0.15) is 32.3 Å². The molecule has 0 aliphatic heterocycles. The molecule has 0 aliphatic carbocycles. The van der Waals surface area contributed by atoms with Crippen molar-refractivity contribution in [1.82, 2.24) is 5.32 Å². The summed E-state index contributed by atoms with van der Waals surface area (Å²) in [6.45, 7) is 5.66. The molecule has 2 N–H and O–H groups in total. The van der Waals surface area contributed by atoms with Crippen molar-refractivity contribution in [3.05, 3.63) is 29.8 Å². The molecule has 3 nitrogen and oxygen atoms in total. The second-order valence-electron chi connectivity index (χ2n) is 3.88. The van der Waals surface area contributed by atoms with Crippen LogP contribution in [0.5, 0.6) is 0 Å². The number of amides is 1. The van der Waals surface area contributed by atoms with Gasteiger partial charge in [0.15, 0.2) is 5.11 Å². The van der Waals surface area contributed by atoms with Crippen molar-refractivity contribution in [2.45, 2.75) is 26.7 Å². The van der Waals surface area contributed by atoms with Crippen molar-refractivity contribution in [3.63, 3.8) is 0 Å². The van der Waals surface area contributed by atoms with Gasteiger partial charge in [0.2, 0.25) is 5.91 Å². The first-order valence-electron chi connectivity index (χ1n) is 5.18. The van der Waals surface area contributed by atoms with E-state index in [4.69, 9.17) is 12.2 Å². The Kier molecular flexibility index (Phi) is 4.43. The second kappa shape index (κ2) is 5.61. The van der Waals surface area contributed by atoms with Crippen LogP contribution < -0.4 is 10.6 Å². The van der Waals surface area contributed by atoms with Crippen molar-refractivity contribution < 1.29 is 4.79 Å². The largest absolute Gasteiger partial charge is 0.332 e. The highest BCUT2D eigenvalue weighted by Crippen LogP contribution is 2.23. The minimum absolute atomic E-state index is 0.167. The van der Waals surface area contributed by atoms with Gasteiger partial charge >= 0.3 is 0 Å². The quantitative estimate of drug-likeness (QED) is 0.776. The molecule has 0 saturated heterocycles. The van der Waals surface area contributed by atoms with Crippen molar-refractivity contribution in [2.24, 2.45) is 0 Å². The van der Waals surface area contributed by atoms with Crippen LogP contribution in [-0.4, -0.2) is 11.0 Å². The van der Waals surface area contributed by atoms with Gasteiger partial charge in [0.05, 0.1) is 0 Å². The fraction of sp³-hybridized carbons (Fsp3) is 0.333. The highest BCUT2D eigenvalue weighted by Gasteiger charge is 2.07. The number of anilines is 1. The molecular weight excluding hydrogens is 220 g/mol. The molecule has 4 heteroatoms. The number of hydrogen-bond acceptors (Lipinski definition) is 2. The lowest BCUT2D eigenvalue weighted by molar-refractivity contribution is -0.117. The Hall–Kier alpha value is -1.42. The maximum atomic E-state index is 10.8. The molecule has 0 spiro atoms. The van der Waals surface area contributed by atoms with E-state index in [1.165, 1.54) is 12.5 Å². The van der Waals surface area contributed by atoms with Gasteiger partial charge in [-0.05, 0) is 29.8 Å². The maximum absolute atomic E-state index is 10.8. The Bertz CT molecular complexity index is 402. The summed E-state index contributed by atoms with van der Waals surface area (Å²) in [5, 5.41) is 5.90. The summed E-state index contributed by atoms with van der Waals surface area (Å²) in [6, 6.07) is 7.92.